The van der Waals surface area contributed by atoms with Crippen LogP contribution in [-0.2, 0) is 15.6 Å². The first-order valence-electron chi connectivity index (χ1n) is 5.75. The van der Waals surface area contributed by atoms with Crippen LogP contribution < -0.4 is 0 Å². The van der Waals surface area contributed by atoms with Crippen molar-refractivity contribution in [3.05, 3.63) is 64.0 Å². The third-order valence-electron chi connectivity index (χ3n) is 2.75. The molecule has 0 saturated heterocycles. The normalized spacial score (nSPS) is 10.8. The lowest BCUT2D eigenvalue weighted by Gasteiger charge is -2.05. The zero-order chi connectivity index (χ0) is 15.5. The molecule has 0 aliphatic carbocycles. The van der Waals surface area contributed by atoms with E-state index < -0.39 is 14.8 Å². The minimum absolute atomic E-state index is 0.0409. The van der Waals surface area contributed by atoms with Crippen LogP contribution in [0.3, 0.4) is 0 Å². The predicted octanol–water partition coefficient (Wildman–Crippen LogP) is 1.84. The number of nitrogens with zero attached hydrogens (tertiary/aromatic N) is 3. The summed E-state index contributed by atoms with van der Waals surface area (Å²) < 4.78 is 24.5. The number of sulfone groups is 1. The quantitative estimate of drug-likeness (QED) is 0.628. The molecule has 0 aliphatic heterocycles. The predicted molar refractivity (Wildman–Crippen MR) is 72.9 cm³/mol. The molecule has 0 spiro atoms. The van der Waals surface area contributed by atoms with Crippen LogP contribution >= 0.6 is 0 Å². The fourth-order valence-corrected chi connectivity index (χ4v) is 3.08. The van der Waals surface area contributed by atoms with E-state index in [2.05, 4.69) is 4.98 Å². The van der Waals surface area contributed by atoms with Gasteiger partial charge in [0, 0.05) is 23.9 Å². The van der Waals surface area contributed by atoms with Gasteiger partial charge in [0.25, 0.3) is 5.69 Å². The van der Waals surface area contributed by atoms with Crippen LogP contribution in [0.4, 0.5) is 5.69 Å². The first kappa shape index (κ1) is 14.6. The Hall–Kier alpha value is -2.79. The van der Waals surface area contributed by atoms with Gasteiger partial charge in [-0.3, -0.25) is 10.1 Å². The van der Waals surface area contributed by atoms with Gasteiger partial charge in [0.05, 0.1) is 15.6 Å². The van der Waals surface area contributed by atoms with Gasteiger partial charge in [-0.15, -0.1) is 0 Å². The molecule has 1 aromatic heterocycles. The molecule has 0 N–H and O–H groups in total. The number of rotatable bonds is 4. The van der Waals surface area contributed by atoms with Crippen molar-refractivity contribution in [2.24, 2.45) is 0 Å². The molecular formula is C13H9N3O4S. The molecule has 1 aromatic carbocycles. The Balaban J connectivity index is 2.34. The second kappa shape index (κ2) is 5.68. The zero-order valence-electron chi connectivity index (χ0n) is 10.6. The zero-order valence-corrected chi connectivity index (χ0v) is 11.4. The molecule has 0 bridgehead atoms. The van der Waals surface area contributed by atoms with E-state index >= 15 is 0 Å². The summed E-state index contributed by atoms with van der Waals surface area (Å²) in [6.45, 7) is 0. The number of nitro benzene ring substituents is 1. The van der Waals surface area contributed by atoms with E-state index in [4.69, 9.17) is 5.26 Å². The number of hydrogen-bond donors (Lipinski definition) is 0. The maximum Gasteiger partial charge on any atom is 0.269 e. The van der Waals surface area contributed by atoms with Crippen molar-refractivity contribution in [1.29, 1.82) is 5.26 Å². The maximum absolute atomic E-state index is 12.2. The average Bonchev–Trinajstić information content (AvgIpc) is 2.47. The van der Waals surface area contributed by atoms with Gasteiger partial charge in [-0.2, -0.15) is 5.26 Å². The molecule has 0 unspecified atom stereocenters. The highest BCUT2D eigenvalue weighted by molar-refractivity contribution is 7.90. The van der Waals surface area contributed by atoms with Crippen molar-refractivity contribution in [1.82, 2.24) is 4.98 Å². The minimum atomic E-state index is -3.70. The number of pyridine rings is 1. The summed E-state index contributed by atoms with van der Waals surface area (Å²) in [7, 11) is -3.70. The van der Waals surface area contributed by atoms with Crippen molar-refractivity contribution >= 4 is 15.5 Å². The van der Waals surface area contributed by atoms with Crippen LogP contribution in [-0.4, -0.2) is 18.3 Å². The van der Waals surface area contributed by atoms with Crippen LogP contribution in [0.1, 0.15) is 11.3 Å². The minimum Gasteiger partial charge on any atom is -0.258 e. The van der Waals surface area contributed by atoms with Crippen molar-refractivity contribution in [2.75, 3.05) is 0 Å². The van der Waals surface area contributed by atoms with E-state index in [1.807, 2.05) is 6.07 Å². The molecule has 0 radical (unpaired) electrons. The van der Waals surface area contributed by atoms with Crippen LogP contribution in [0.5, 0.6) is 0 Å². The summed E-state index contributed by atoms with van der Waals surface area (Å²) in [6, 6.07) is 9.49. The maximum atomic E-state index is 12.2. The lowest BCUT2D eigenvalue weighted by molar-refractivity contribution is -0.384. The molecule has 0 aliphatic rings. The molecule has 7 nitrogen and oxygen atoms in total. The summed E-state index contributed by atoms with van der Waals surface area (Å²) >= 11 is 0. The van der Waals surface area contributed by atoms with Crippen LogP contribution in [0, 0.1) is 21.4 Å². The van der Waals surface area contributed by atoms with Crippen LogP contribution in [0.25, 0.3) is 0 Å². The summed E-state index contributed by atoms with van der Waals surface area (Å²) in [5, 5.41) is 19.4. The molecule has 8 heteroatoms. The number of aromatic nitrogens is 1. The molecule has 1 heterocycles. The lowest BCUT2D eigenvalue weighted by atomic mass is 10.2. The average molecular weight is 303 g/mol. The number of nitro groups is 1. The molecule has 0 fully saturated rings. The van der Waals surface area contributed by atoms with Gasteiger partial charge < -0.3 is 0 Å². The summed E-state index contributed by atoms with van der Waals surface area (Å²) in [6.07, 6.45) is 1.40. The van der Waals surface area contributed by atoms with Crippen molar-refractivity contribution in [2.45, 2.75) is 10.6 Å². The highest BCUT2D eigenvalue weighted by Crippen LogP contribution is 2.20. The van der Waals surface area contributed by atoms with Crippen molar-refractivity contribution in [3.63, 3.8) is 0 Å². The fraction of sp³-hybridized carbons (Fsp3) is 0.0769. The Labute approximate surface area is 120 Å². The van der Waals surface area contributed by atoms with E-state index in [-0.39, 0.29) is 22.0 Å². The van der Waals surface area contributed by atoms with Crippen LogP contribution in [0.15, 0.2) is 47.5 Å². The van der Waals surface area contributed by atoms with E-state index in [9.17, 15) is 18.5 Å². The van der Waals surface area contributed by atoms with Crippen molar-refractivity contribution < 1.29 is 13.3 Å². The highest BCUT2D eigenvalue weighted by Gasteiger charge is 2.19. The van der Waals surface area contributed by atoms with E-state index in [1.54, 1.807) is 6.07 Å². The van der Waals surface area contributed by atoms with Crippen LogP contribution in [0.2, 0.25) is 0 Å². The summed E-state index contributed by atoms with van der Waals surface area (Å²) in [5.41, 5.74) is 0.148. The van der Waals surface area contributed by atoms with Gasteiger partial charge in [0.2, 0.25) is 0 Å². The molecule has 2 rings (SSSR count). The molecular weight excluding hydrogens is 294 g/mol. The Kier molecular flexibility index (Phi) is 3.95. The summed E-state index contributed by atoms with van der Waals surface area (Å²) in [5.74, 6) is -0.387. The van der Waals surface area contributed by atoms with Gasteiger partial charge >= 0.3 is 0 Å². The first-order chi connectivity index (χ1) is 9.94. The Morgan fingerprint density at radius 2 is 1.90 bits per heavy atom. The van der Waals surface area contributed by atoms with Gasteiger partial charge in [0.15, 0.2) is 9.84 Å². The third-order valence-corrected chi connectivity index (χ3v) is 4.43. The van der Waals surface area contributed by atoms with Gasteiger partial charge in [-0.1, -0.05) is 6.07 Å². The van der Waals surface area contributed by atoms with Gasteiger partial charge in [-0.05, 0) is 18.2 Å². The second-order valence-electron chi connectivity index (χ2n) is 4.13. The monoisotopic (exact) mass is 303 g/mol. The topological polar surface area (TPSA) is 114 Å². The number of nitriles is 1. The van der Waals surface area contributed by atoms with Crippen molar-refractivity contribution in [3.8, 4) is 6.07 Å². The second-order valence-corrected chi connectivity index (χ2v) is 6.12. The molecule has 0 atom stereocenters. The number of benzene rings is 1. The SMILES string of the molecule is N#Cc1ncccc1CS(=O)(=O)c1ccc([N+](=O)[O-])cc1. The van der Waals surface area contributed by atoms with Gasteiger partial charge in [-0.25, -0.2) is 13.4 Å². The smallest absolute Gasteiger partial charge is 0.258 e. The van der Waals surface area contributed by atoms with E-state index in [0.29, 0.717) is 5.56 Å². The van der Waals surface area contributed by atoms with E-state index in [0.717, 1.165) is 12.1 Å². The molecule has 2 aromatic rings. The Bertz CT molecular complexity index is 823. The van der Waals surface area contributed by atoms with E-state index in [1.165, 1.54) is 24.4 Å². The number of hydrogen-bond acceptors (Lipinski definition) is 6. The fourth-order valence-electron chi connectivity index (χ4n) is 1.72. The molecule has 21 heavy (non-hydrogen) atoms. The first-order valence-corrected chi connectivity index (χ1v) is 7.40. The Morgan fingerprint density at radius 3 is 2.48 bits per heavy atom. The lowest BCUT2D eigenvalue weighted by Crippen LogP contribution is -2.07. The standard InChI is InChI=1S/C13H9N3O4S/c14-8-13-10(2-1-7-15-13)9-21(19,20)12-5-3-11(4-6-12)16(17)18/h1-7H,9H2. The molecule has 0 amide bonds. The number of non-ortho nitro benzene ring substituents is 1. The Morgan fingerprint density at radius 1 is 1.24 bits per heavy atom. The largest absolute Gasteiger partial charge is 0.269 e. The third kappa shape index (κ3) is 3.21. The summed E-state index contributed by atoms with van der Waals surface area (Å²) in [4.78, 5) is 13.7. The molecule has 0 saturated carbocycles. The van der Waals surface area contributed by atoms with Gasteiger partial charge in [0.1, 0.15) is 11.8 Å². The molecule has 106 valence electrons. The highest BCUT2D eigenvalue weighted by atomic mass is 32.2.